The van der Waals surface area contributed by atoms with E-state index in [9.17, 15) is 18.4 Å². The largest absolute Gasteiger partial charge is 0.496 e. The summed E-state index contributed by atoms with van der Waals surface area (Å²) in [5.41, 5.74) is 0.00748. The molecule has 0 saturated heterocycles. The number of halogens is 3. The van der Waals surface area contributed by atoms with Gasteiger partial charge in [-0.25, -0.2) is 13.6 Å². The summed E-state index contributed by atoms with van der Waals surface area (Å²) < 4.78 is 36.6. The molecule has 5 nitrogen and oxygen atoms in total. The second-order valence-electron chi connectivity index (χ2n) is 4.60. The predicted molar refractivity (Wildman–Crippen MR) is 86.0 cm³/mol. The van der Waals surface area contributed by atoms with Gasteiger partial charge < -0.3 is 14.8 Å². The van der Waals surface area contributed by atoms with Crippen molar-refractivity contribution in [3.05, 3.63) is 58.1 Å². The minimum atomic E-state index is -0.922. The second-order valence-corrected chi connectivity index (χ2v) is 5.45. The molecular formula is C16H12BrF2NO4. The third-order valence-corrected chi connectivity index (χ3v) is 3.55. The predicted octanol–water partition coefficient (Wildman–Crippen LogP) is 3.53. The molecular weight excluding hydrogens is 388 g/mol. The van der Waals surface area contributed by atoms with E-state index in [2.05, 4.69) is 21.2 Å². The minimum Gasteiger partial charge on any atom is -0.496 e. The van der Waals surface area contributed by atoms with E-state index in [0.717, 1.165) is 12.1 Å². The molecule has 0 atom stereocenters. The molecule has 0 aliphatic heterocycles. The summed E-state index contributed by atoms with van der Waals surface area (Å²) in [5, 5.41) is 2.19. The van der Waals surface area contributed by atoms with Gasteiger partial charge in [-0.1, -0.05) is 0 Å². The molecule has 0 aliphatic rings. The molecule has 0 aliphatic carbocycles. The molecule has 0 spiro atoms. The third-order valence-electron chi connectivity index (χ3n) is 2.93. The Bertz CT molecular complexity index is 783. The zero-order valence-electron chi connectivity index (χ0n) is 12.4. The molecule has 0 heterocycles. The molecule has 1 amide bonds. The summed E-state index contributed by atoms with van der Waals surface area (Å²) in [4.78, 5) is 23.6. The van der Waals surface area contributed by atoms with Crippen LogP contribution in [0.3, 0.4) is 0 Å². The van der Waals surface area contributed by atoms with Gasteiger partial charge in [-0.2, -0.15) is 0 Å². The smallest absolute Gasteiger partial charge is 0.338 e. The number of hydrogen-bond donors (Lipinski definition) is 1. The highest BCUT2D eigenvalue weighted by Crippen LogP contribution is 2.25. The molecule has 24 heavy (non-hydrogen) atoms. The number of nitrogens with one attached hydrogen (secondary N) is 1. The first-order valence-electron chi connectivity index (χ1n) is 6.66. The van der Waals surface area contributed by atoms with Gasteiger partial charge in [0.2, 0.25) is 0 Å². The van der Waals surface area contributed by atoms with Crippen LogP contribution in [0.2, 0.25) is 0 Å². The van der Waals surface area contributed by atoms with Gasteiger partial charge in [0.05, 0.1) is 22.8 Å². The Balaban J connectivity index is 1.93. The van der Waals surface area contributed by atoms with E-state index in [1.54, 1.807) is 6.07 Å². The molecule has 0 unspecified atom stereocenters. The minimum absolute atomic E-state index is 0.204. The molecule has 2 rings (SSSR count). The van der Waals surface area contributed by atoms with E-state index >= 15 is 0 Å². The Morgan fingerprint density at radius 2 is 1.92 bits per heavy atom. The van der Waals surface area contributed by atoms with Crippen molar-refractivity contribution in [2.75, 3.05) is 19.0 Å². The van der Waals surface area contributed by atoms with Crippen molar-refractivity contribution in [3.63, 3.8) is 0 Å². The monoisotopic (exact) mass is 399 g/mol. The number of ether oxygens (including phenoxy) is 2. The lowest BCUT2D eigenvalue weighted by Gasteiger charge is -2.08. The normalized spacial score (nSPS) is 10.2. The van der Waals surface area contributed by atoms with E-state index in [-0.39, 0.29) is 11.3 Å². The highest BCUT2D eigenvalue weighted by molar-refractivity contribution is 9.10. The van der Waals surface area contributed by atoms with Gasteiger partial charge in [0.15, 0.2) is 6.61 Å². The quantitative estimate of drug-likeness (QED) is 0.781. The molecule has 2 aromatic carbocycles. The maximum atomic E-state index is 13.4. The van der Waals surface area contributed by atoms with Crippen LogP contribution in [0.15, 0.2) is 40.9 Å². The first-order valence-corrected chi connectivity index (χ1v) is 7.45. The van der Waals surface area contributed by atoms with E-state index in [0.29, 0.717) is 16.3 Å². The Kier molecular flexibility index (Phi) is 5.86. The van der Waals surface area contributed by atoms with Crippen molar-refractivity contribution < 1.29 is 27.8 Å². The molecule has 126 valence electrons. The summed E-state index contributed by atoms with van der Waals surface area (Å²) in [6, 6.07) is 7.23. The van der Waals surface area contributed by atoms with Gasteiger partial charge in [0, 0.05) is 6.07 Å². The number of benzene rings is 2. The number of carbonyl (C=O) groups is 2. The lowest BCUT2D eigenvalue weighted by Crippen LogP contribution is -2.21. The highest BCUT2D eigenvalue weighted by atomic mass is 79.9. The first kappa shape index (κ1) is 17.9. The molecule has 0 fully saturated rings. The number of amides is 1. The zero-order chi connectivity index (χ0) is 17.7. The summed E-state index contributed by atoms with van der Waals surface area (Å²) in [6.45, 7) is -0.612. The van der Waals surface area contributed by atoms with Crippen molar-refractivity contribution in [1.82, 2.24) is 0 Å². The number of methoxy groups -OCH3 is 1. The van der Waals surface area contributed by atoms with Crippen LogP contribution >= 0.6 is 15.9 Å². The third kappa shape index (κ3) is 4.51. The lowest BCUT2D eigenvalue weighted by atomic mass is 10.2. The van der Waals surface area contributed by atoms with Crippen LogP contribution in [0, 0.1) is 11.6 Å². The van der Waals surface area contributed by atoms with Crippen molar-refractivity contribution >= 4 is 33.5 Å². The van der Waals surface area contributed by atoms with Crippen LogP contribution in [0.5, 0.6) is 5.75 Å². The van der Waals surface area contributed by atoms with Gasteiger partial charge in [0.1, 0.15) is 17.4 Å². The number of rotatable bonds is 5. The first-order chi connectivity index (χ1) is 11.4. The summed E-state index contributed by atoms with van der Waals surface area (Å²) in [7, 11) is 1.48. The Labute approximate surface area is 144 Å². The Hall–Kier alpha value is -2.48. The van der Waals surface area contributed by atoms with Crippen molar-refractivity contribution in [3.8, 4) is 5.75 Å². The highest BCUT2D eigenvalue weighted by Gasteiger charge is 2.13. The number of carbonyl (C=O) groups excluding carboxylic acids is 2. The van der Waals surface area contributed by atoms with Gasteiger partial charge >= 0.3 is 5.97 Å². The molecule has 0 bridgehead atoms. The number of hydrogen-bond acceptors (Lipinski definition) is 4. The summed E-state index contributed by atoms with van der Waals surface area (Å²) in [6.07, 6.45) is 0. The molecule has 8 heteroatoms. The van der Waals surface area contributed by atoms with E-state index < -0.39 is 30.1 Å². The average molecular weight is 400 g/mol. The van der Waals surface area contributed by atoms with E-state index in [4.69, 9.17) is 9.47 Å². The van der Waals surface area contributed by atoms with Crippen LogP contribution < -0.4 is 10.1 Å². The van der Waals surface area contributed by atoms with Gasteiger partial charge in [-0.05, 0) is 46.3 Å². The Morgan fingerprint density at radius 3 is 2.54 bits per heavy atom. The van der Waals surface area contributed by atoms with Crippen LogP contribution in [0.1, 0.15) is 10.4 Å². The average Bonchev–Trinajstić information content (AvgIpc) is 2.55. The SMILES string of the molecule is COc1ccc(C(=O)OCC(=O)Nc2ccc(F)cc2F)cc1Br. The fourth-order valence-corrected chi connectivity index (χ4v) is 2.33. The standard InChI is InChI=1S/C16H12BrF2NO4/c1-23-14-5-2-9(6-11(14)17)16(22)24-8-15(21)20-13-4-3-10(18)7-12(13)19/h2-7H,8H2,1H3,(H,20,21). The van der Waals surface area contributed by atoms with Gasteiger partial charge in [-0.15, -0.1) is 0 Å². The maximum Gasteiger partial charge on any atom is 0.338 e. The van der Waals surface area contributed by atoms with E-state index in [1.165, 1.54) is 19.2 Å². The van der Waals surface area contributed by atoms with Crippen LogP contribution in [0.4, 0.5) is 14.5 Å². The van der Waals surface area contributed by atoms with Crippen molar-refractivity contribution in [2.24, 2.45) is 0 Å². The molecule has 1 N–H and O–H groups in total. The van der Waals surface area contributed by atoms with Crippen LogP contribution in [0.25, 0.3) is 0 Å². The molecule has 0 aromatic heterocycles. The van der Waals surface area contributed by atoms with Crippen LogP contribution in [-0.4, -0.2) is 25.6 Å². The molecule has 2 aromatic rings. The number of esters is 1. The fraction of sp³-hybridized carbons (Fsp3) is 0.125. The zero-order valence-corrected chi connectivity index (χ0v) is 14.0. The molecule has 0 saturated carbocycles. The van der Waals surface area contributed by atoms with Crippen molar-refractivity contribution in [1.29, 1.82) is 0 Å². The van der Waals surface area contributed by atoms with Crippen molar-refractivity contribution in [2.45, 2.75) is 0 Å². The van der Waals surface area contributed by atoms with Gasteiger partial charge in [-0.3, -0.25) is 4.79 Å². The fourth-order valence-electron chi connectivity index (χ4n) is 1.78. The Morgan fingerprint density at radius 1 is 1.17 bits per heavy atom. The van der Waals surface area contributed by atoms with Crippen LogP contribution in [-0.2, 0) is 9.53 Å². The van der Waals surface area contributed by atoms with E-state index in [1.807, 2.05) is 0 Å². The second kappa shape index (κ2) is 7.87. The summed E-state index contributed by atoms with van der Waals surface area (Å²) in [5.74, 6) is -2.62. The molecule has 0 radical (unpaired) electrons. The maximum absolute atomic E-state index is 13.4. The number of anilines is 1. The topological polar surface area (TPSA) is 64.6 Å². The van der Waals surface area contributed by atoms with Gasteiger partial charge in [0.25, 0.3) is 5.91 Å². The summed E-state index contributed by atoms with van der Waals surface area (Å²) >= 11 is 3.23. The lowest BCUT2D eigenvalue weighted by molar-refractivity contribution is -0.119.